The van der Waals surface area contributed by atoms with Gasteiger partial charge >= 0.3 is 0 Å². The molecule has 0 amide bonds. The van der Waals surface area contributed by atoms with E-state index in [1.807, 2.05) is 57.2 Å². The van der Waals surface area contributed by atoms with Gasteiger partial charge < -0.3 is 10.1 Å². The lowest BCUT2D eigenvalue weighted by molar-refractivity contribution is 0.242. The Labute approximate surface area is 144 Å². The van der Waals surface area contributed by atoms with Crippen LogP contribution in [0.1, 0.15) is 27.2 Å². The summed E-state index contributed by atoms with van der Waals surface area (Å²) in [5.41, 5.74) is 2.38. The third kappa shape index (κ3) is 5.77. The van der Waals surface area contributed by atoms with Gasteiger partial charge in [-0.05, 0) is 68.8 Å². The first kappa shape index (κ1) is 18.1. The second-order valence-electron chi connectivity index (χ2n) is 5.81. The lowest BCUT2D eigenvalue weighted by atomic mass is 10.2. The van der Waals surface area contributed by atoms with Crippen LogP contribution in [0.4, 0.5) is 17.1 Å². The van der Waals surface area contributed by atoms with Crippen LogP contribution in [-0.2, 0) is 10.0 Å². The fraction of sp³-hybridized carbons (Fsp3) is 0.333. The van der Waals surface area contributed by atoms with E-state index in [9.17, 15) is 8.42 Å². The maximum atomic E-state index is 11.7. The van der Waals surface area contributed by atoms with Gasteiger partial charge in [0.05, 0.1) is 11.9 Å². The Bertz CT molecular complexity index is 739. The van der Waals surface area contributed by atoms with Gasteiger partial charge in [0.15, 0.2) is 0 Å². The van der Waals surface area contributed by atoms with Crippen molar-refractivity contribution in [2.75, 3.05) is 15.8 Å². The first-order chi connectivity index (χ1) is 11.4. The number of rotatable bonds is 8. The molecule has 0 aromatic heterocycles. The van der Waals surface area contributed by atoms with Crippen LogP contribution in [0.3, 0.4) is 0 Å². The second-order valence-corrected chi connectivity index (χ2v) is 7.66. The Morgan fingerprint density at radius 1 is 0.917 bits per heavy atom. The molecule has 0 aliphatic carbocycles. The van der Waals surface area contributed by atoms with Crippen molar-refractivity contribution in [3.05, 3.63) is 48.5 Å². The standard InChI is InChI=1S/C18H24N2O3S/c1-4-13-24(21,22)20-17-7-5-15(6-8-17)19-16-9-11-18(12-10-16)23-14(2)3/h5-12,14,19-20H,4,13H2,1-3H3. The largest absolute Gasteiger partial charge is 0.491 e. The number of anilines is 3. The summed E-state index contributed by atoms with van der Waals surface area (Å²) in [6.07, 6.45) is 0.735. The van der Waals surface area contributed by atoms with Crippen LogP contribution in [0.2, 0.25) is 0 Å². The maximum Gasteiger partial charge on any atom is 0.232 e. The molecule has 0 bridgehead atoms. The fourth-order valence-corrected chi connectivity index (χ4v) is 3.31. The van der Waals surface area contributed by atoms with Gasteiger partial charge in [0.25, 0.3) is 0 Å². The smallest absolute Gasteiger partial charge is 0.232 e. The molecule has 2 aromatic carbocycles. The molecule has 24 heavy (non-hydrogen) atoms. The molecule has 0 spiro atoms. The highest BCUT2D eigenvalue weighted by atomic mass is 32.2. The molecule has 2 N–H and O–H groups in total. The van der Waals surface area contributed by atoms with Gasteiger partial charge in [-0.2, -0.15) is 0 Å². The van der Waals surface area contributed by atoms with E-state index in [-0.39, 0.29) is 11.9 Å². The maximum absolute atomic E-state index is 11.7. The summed E-state index contributed by atoms with van der Waals surface area (Å²) in [7, 11) is -3.26. The van der Waals surface area contributed by atoms with Crippen LogP contribution in [-0.4, -0.2) is 20.3 Å². The number of sulfonamides is 1. The van der Waals surface area contributed by atoms with E-state index in [0.717, 1.165) is 17.1 Å². The monoisotopic (exact) mass is 348 g/mol. The number of hydrogen-bond donors (Lipinski definition) is 2. The van der Waals surface area contributed by atoms with Gasteiger partial charge in [-0.3, -0.25) is 4.72 Å². The summed E-state index contributed by atoms with van der Waals surface area (Å²) >= 11 is 0. The average Bonchev–Trinajstić information content (AvgIpc) is 2.50. The zero-order chi connectivity index (χ0) is 17.6. The van der Waals surface area contributed by atoms with E-state index < -0.39 is 10.0 Å². The third-order valence-electron chi connectivity index (χ3n) is 3.15. The van der Waals surface area contributed by atoms with Crippen molar-refractivity contribution in [1.82, 2.24) is 0 Å². The fourth-order valence-electron chi connectivity index (χ4n) is 2.18. The van der Waals surface area contributed by atoms with Crippen molar-refractivity contribution < 1.29 is 13.2 Å². The minimum absolute atomic E-state index is 0.123. The van der Waals surface area contributed by atoms with E-state index >= 15 is 0 Å². The molecule has 2 aromatic rings. The minimum atomic E-state index is -3.26. The van der Waals surface area contributed by atoms with Gasteiger partial charge in [-0.25, -0.2) is 8.42 Å². The third-order valence-corrected chi connectivity index (χ3v) is 4.64. The Kier molecular flexibility index (Phi) is 6.09. The molecule has 0 saturated heterocycles. The molecule has 0 unspecified atom stereocenters. The highest BCUT2D eigenvalue weighted by Crippen LogP contribution is 2.22. The van der Waals surface area contributed by atoms with Crippen LogP contribution >= 0.6 is 0 Å². The summed E-state index contributed by atoms with van der Waals surface area (Å²) in [5.74, 6) is 0.953. The predicted octanol–water partition coefficient (Wildman–Crippen LogP) is 4.37. The topological polar surface area (TPSA) is 67.4 Å². The highest BCUT2D eigenvalue weighted by Gasteiger charge is 2.08. The molecule has 0 saturated carbocycles. The van der Waals surface area contributed by atoms with Crippen molar-refractivity contribution in [3.63, 3.8) is 0 Å². The summed E-state index contributed by atoms with van der Waals surface area (Å²) in [4.78, 5) is 0. The SMILES string of the molecule is CCCS(=O)(=O)Nc1ccc(Nc2ccc(OC(C)C)cc2)cc1. The Balaban J connectivity index is 1.98. The van der Waals surface area contributed by atoms with Crippen LogP contribution in [0.25, 0.3) is 0 Å². The van der Waals surface area contributed by atoms with Crippen molar-refractivity contribution in [2.45, 2.75) is 33.3 Å². The molecule has 0 aliphatic heterocycles. The first-order valence-electron chi connectivity index (χ1n) is 8.02. The summed E-state index contributed by atoms with van der Waals surface area (Å²) in [6.45, 7) is 5.81. The normalized spacial score (nSPS) is 11.3. The molecular weight excluding hydrogens is 324 g/mol. The van der Waals surface area contributed by atoms with E-state index in [2.05, 4.69) is 10.0 Å². The van der Waals surface area contributed by atoms with Gasteiger partial charge in [-0.1, -0.05) is 6.92 Å². The Morgan fingerprint density at radius 2 is 1.42 bits per heavy atom. The van der Waals surface area contributed by atoms with Crippen molar-refractivity contribution in [3.8, 4) is 5.75 Å². The van der Waals surface area contributed by atoms with E-state index in [1.54, 1.807) is 12.1 Å². The van der Waals surface area contributed by atoms with Gasteiger partial charge in [0, 0.05) is 17.1 Å². The zero-order valence-electron chi connectivity index (χ0n) is 14.2. The molecule has 6 heteroatoms. The highest BCUT2D eigenvalue weighted by molar-refractivity contribution is 7.92. The Hall–Kier alpha value is -2.21. The van der Waals surface area contributed by atoms with E-state index in [1.165, 1.54) is 0 Å². The quantitative estimate of drug-likeness (QED) is 0.743. The lowest BCUT2D eigenvalue weighted by Gasteiger charge is -2.12. The van der Waals surface area contributed by atoms with Crippen LogP contribution in [0, 0.1) is 0 Å². The van der Waals surface area contributed by atoms with Crippen LogP contribution in [0.15, 0.2) is 48.5 Å². The number of ether oxygens (including phenoxy) is 1. The molecule has 130 valence electrons. The van der Waals surface area contributed by atoms with Crippen molar-refractivity contribution >= 4 is 27.1 Å². The average molecular weight is 348 g/mol. The molecule has 0 heterocycles. The summed E-state index contributed by atoms with van der Waals surface area (Å²) in [5, 5.41) is 3.27. The molecule has 2 rings (SSSR count). The lowest BCUT2D eigenvalue weighted by Crippen LogP contribution is -2.15. The van der Waals surface area contributed by atoms with Crippen LogP contribution in [0.5, 0.6) is 5.75 Å². The van der Waals surface area contributed by atoms with Crippen LogP contribution < -0.4 is 14.8 Å². The second kappa shape index (κ2) is 8.06. The summed E-state index contributed by atoms with van der Waals surface area (Å²) in [6, 6.07) is 14.9. The molecular formula is C18H24N2O3S. The number of nitrogens with one attached hydrogen (secondary N) is 2. The molecule has 0 fully saturated rings. The summed E-state index contributed by atoms with van der Waals surface area (Å²) < 4.78 is 31.7. The van der Waals surface area contributed by atoms with Gasteiger partial charge in [0.1, 0.15) is 5.75 Å². The van der Waals surface area contributed by atoms with E-state index in [4.69, 9.17) is 4.74 Å². The molecule has 0 radical (unpaired) electrons. The van der Waals surface area contributed by atoms with Crippen molar-refractivity contribution in [1.29, 1.82) is 0 Å². The predicted molar refractivity (Wildman–Crippen MR) is 99.6 cm³/mol. The minimum Gasteiger partial charge on any atom is -0.491 e. The van der Waals surface area contributed by atoms with Gasteiger partial charge in [-0.15, -0.1) is 0 Å². The van der Waals surface area contributed by atoms with Gasteiger partial charge in [0.2, 0.25) is 10.0 Å². The van der Waals surface area contributed by atoms with E-state index in [0.29, 0.717) is 12.1 Å². The van der Waals surface area contributed by atoms with Crippen molar-refractivity contribution in [2.24, 2.45) is 0 Å². The Morgan fingerprint density at radius 3 is 1.92 bits per heavy atom. The number of benzene rings is 2. The first-order valence-corrected chi connectivity index (χ1v) is 9.67. The molecule has 5 nitrogen and oxygen atoms in total. The number of hydrogen-bond acceptors (Lipinski definition) is 4. The zero-order valence-corrected chi connectivity index (χ0v) is 15.1. The molecule has 0 aliphatic rings. The molecule has 0 atom stereocenters.